The van der Waals surface area contributed by atoms with E-state index < -0.39 is 0 Å². The molecule has 25 heavy (non-hydrogen) atoms. The van der Waals surface area contributed by atoms with E-state index in [4.69, 9.17) is 0 Å². The Morgan fingerprint density at radius 1 is 1.32 bits per heavy atom. The molecule has 0 aliphatic heterocycles. The zero-order valence-electron chi connectivity index (χ0n) is 14.1. The molecule has 0 spiro atoms. The van der Waals surface area contributed by atoms with E-state index in [-0.39, 0.29) is 16.7 Å². The van der Waals surface area contributed by atoms with Gasteiger partial charge in [-0.25, -0.2) is 4.98 Å². The van der Waals surface area contributed by atoms with E-state index >= 15 is 0 Å². The van der Waals surface area contributed by atoms with Crippen LogP contribution in [0, 0.1) is 17.0 Å². The third kappa shape index (κ3) is 4.50. The Labute approximate surface area is 154 Å². The minimum Gasteiger partial charge on any atom is -0.310 e. The maximum Gasteiger partial charge on any atom is 0.269 e. The van der Waals surface area contributed by atoms with Crippen molar-refractivity contribution in [2.45, 2.75) is 26.3 Å². The molecule has 2 aromatic heterocycles. The molecule has 3 aromatic rings. The molecule has 1 unspecified atom stereocenters. The lowest BCUT2D eigenvalue weighted by Gasteiger charge is -2.13. The zero-order valence-corrected chi connectivity index (χ0v) is 15.7. The number of hydrogen-bond acceptors (Lipinski definition) is 6. The molecule has 0 aliphatic carbocycles. The van der Waals surface area contributed by atoms with Crippen LogP contribution < -0.4 is 5.32 Å². The van der Waals surface area contributed by atoms with Crippen LogP contribution in [0.15, 0.2) is 41.8 Å². The molecule has 0 saturated heterocycles. The Morgan fingerprint density at radius 2 is 2.16 bits per heavy atom. The number of nitro benzene ring substituents is 1. The standard InChI is InChI=1S/C18H19N3O2S2/c1-12(14-4-3-5-15(10-14)21(22)23)19-9-8-16-6-7-18(25-16)17-11-24-13(2)20-17/h3-7,10-12,19H,8-9H2,1-2H3. The summed E-state index contributed by atoms with van der Waals surface area (Å²) in [5, 5.41) is 17.5. The lowest BCUT2D eigenvalue weighted by atomic mass is 10.1. The molecule has 2 heterocycles. The van der Waals surface area contributed by atoms with Crippen molar-refractivity contribution in [3.05, 3.63) is 67.3 Å². The minimum absolute atomic E-state index is 0.0699. The molecular formula is C18H19N3O2S2. The molecule has 130 valence electrons. The van der Waals surface area contributed by atoms with Crippen molar-refractivity contribution >= 4 is 28.4 Å². The van der Waals surface area contributed by atoms with Crippen LogP contribution in [-0.4, -0.2) is 16.5 Å². The maximum absolute atomic E-state index is 10.9. The number of rotatable bonds is 7. The predicted octanol–water partition coefficient (Wildman–Crippen LogP) is 4.98. The molecule has 0 saturated carbocycles. The van der Waals surface area contributed by atoms with Gasteiger partial charge in [0.2, 0.25) is 0 Å². The van der Waals surface area contributed by atoms with E-state index in [2.05, 4.69) is 27.8 Å². The number of hydrogen-bond donors (Lipinski definition) is 1. The van der Waals surface area contributed by atoms with Crippen molar-refractivity contribution in [3.63, 3.8) is 0 Å². The first-order valence-corrected chi connectivity index (χ1v) is 9.71. The second-order valence-electron chi connectivity index (χ2n) is 5.80. The summed E-state index contributed by atoms with van der Waals surface area (Å²) in [4.78, 5) is 17.5. The normalized spacial score (nSPS) is 12.2. The molecule has 1 atom stereocenters. The van der Waals surface area contributed by atoms with E-state index in [1.807, 2.05) is 19.9 Å². The van der Waals surface area contributed by atoms with Gasteiger partial charge in [-0.15, -0.1) is 22.7 Å². The van der Waals surface area contributed by atoms with E-state index in [1.54, 1.807) is 34.8 Å². The summed E-state index contributed by atoms with van der Waals surface area (Å²) in [5.74, 6) is 0. The van der Waals surface area contributed by atoms with Gasteiger partial charge in [0.1, 0.15) is 0 Å². The number of thiophene rings is 1. The summed E-state index contributed by atoms with van der Waals surface area (Å²) in [6.07, 6.45) is 0.924. The van der Waals surface area contributed by atoms with Crippen LogP contribution in [0.2, 0.25) is 0 Å². The van der Waals surface area contributed by atoms with Gasteiger partial charge in [-0.1, -0.05) is 12.1 Å². The summed E-state index contributed by atoms with van der Waals surface area (Å²) in [5.41, 5.74) is 2.11. The zero-order chi connectivity index (χ0) is 17.8. The van der Waals surface area contributed by atoms with E-state index in [0.717, 1.165) is 29.2 Å². The van der Waals surface area contributed by atoms with Crippen molar-refractivity contribution in [1.29, 1.82) is 0 Å². The van der Waals surface area contributed by atoms with Crippen molar-refractivity contribution in [3.8, 4) is 10.6 Å². The van der Waals surface area contributed by atoms with Gasteiger partial charge in [0, 0.05) is 35.0 Å². The molecule has 0 radical (unpaired) electrons. The second kappa shape index (κ2) is 7.86. The predicted molar refractivity (Wildman–Crippen MR) is 103 cm³/mol. The Hall–Kier alpha value is -2.09. The SMILES string of the molecule is Cc1nc(-c2ccc(CCNC(C)c3cccc([N+](=O)[O-])c3)s2)cs1. The number of thiazole rings is 1. The van der Waals surface area contributed by atoms with Crippen molar-refractivity contribution in [2.75, 3.05) is 6.54 Å². The Bertz CT molecular complexity index is 873. The fourth-order valence-electron chi connectivity index (χ4n) is 2.56. The third-order valence-electron chi connectivity index (χ3n) is 3.94. The number of non-ortho nitro benzene ring substituents is 1. The van der Waals surface area contributed by atoms with Crippen LogP contribution in [-0.2, 0) is 6.42 Å². The molecule has 0 fully saturated rings. The highest BCUT2D eigenvalue weighted by molar-refractivity contribution is 7.16. The van der Waals surface area contributed by atoms with Gasteiger partial charge in [0.05, 0.1) is 20.5 Å². The molecule has 0 bridgehead atoms. The molecule has 5 nitrogen and oxygen atoms in total. The van der Waals surface area contributed by atoms with Crippen molar-refractivity contribution < 1.29 is 4.92 Å². The first kappa shape index (κ1) is 17.7. The molecule has 7 heteroatoms. The smallest absolute Gasteiger partial charge is 0.269 e. The summed E-state index contributed by atoms with van der Waals surface area (Å²) in [7, 11) is 0. The van der Waals surface area contributed by atoms with Crippen LogP contribution >= 0.6 is 22.7 Å². The fraction of sp³-hybridized carbons (Fsp3) is 0.278. The molecule has 3 rings (SSSR count). The van der Waals surface area contributed by atoms with E-state index in [9.17, 15) is 10.1 Å². The Morgan fingerprint density at radius 3 is 2.88 bits per heavy atom. The summed E-state index contributed by atoms with van der Waals surface area (Å²) >= 11 is 3.43. The van der Waals surface area contributed by atoms with Crippen molar-refractivity contribution in [1.82, 2.24) is 10.3 Å². The first-order chi connectivity index (χ1) is 12.0. The van der Waals surface area contributed by atoms with Crippen LogP contribution in [0.3, 0.4) is 0 Å². The lowest BCUT2D eigenvalue weighted by molar-refractivity contribution is -0.384. The highest BCUT2D eigenvalue weighted by atomic mass is 32.1. The minimum atomic E-state index is -0.358. The number of nitrogens with zero attached hydrogens (tertiary/aromatic N) is 2. The lowest BCUT2D eigenvalue weighted by Crippen LogP contribution is -2.21. The largest absolute Gasteiger partial charge is 0.310 e. The maximum atomic E-state index is 10.9. The van der Waals surface area contributed by atoms with Gasteiger partial charge in [0.15, 0.2) is 0 Å². The molecule has 0 aliphatic rings. The second-order valence-corrected chi connectivity index (χ2v) is 8.03. The van der Waals surface area contributed by atoms with Crippen LogP contribution in [0.1, 0.15) is 28.4 Å². The van der Waals surface area contributed by atoms with Crippen LogP contribution in [0.5, 0.6) is 0 Å². The molecule has 1 aromatic carbocycles. The summed E-state index contributed by atoms with van der Waals surface area (Å²) in [6.45, 7) is 4.86. The average Bonchev–Trinajstić information content (AvgIpc) is 3.24. The quantitative estimate of drug-likeness (QED) is 0.468. The third-order valence-corrected chi connectivity index (χ3v) is 5.88. The number of aromatic nitrogens is 1. The van der Waals surface area contributed by atoms with Crippen LogP contribution in [0.4, 0.5) is 5.69 Å². The van der Waals surface area contributed by atoms with Gasteiger partial charge in [0.25, 0.3) is 5.69 Å². The molecular weight excluding hydrogens is 354 g/mol. The molecule has 1 N–H and O–H groups in total. The summed E-state index contributed by atoms with van der Waals surface area (Å²) in [6, 6.07) is 11.1. The number of nitrogens with one attached hydrogen (secondary N) is 1. The number of nitro groups is 1. The van der Waals surface area contributed by atoms with Gasteiger partial charge < -0.3 is 5.32 Å². The summed E-state index contributed by atoms with van der Waals surface area (Å²) < 4.78 is 0. The van der Waals surface area contributed by atoms with Gasteiger partial charge in [-0.3, -0.25) is 10.1 Å². The number of benzene rings is 1. The van der Waals surface area contributed by atoms with E-state index in [0.29, 0.717) is 0 Å². The monoisotopic (exact) mass is 373 g/mol. The average molecular weight is 374 g/mol. The number of aryl methyl sites for hydroxylation is 1. The fourth-order valence-corrected chi connectivity index (χ4v) is 4.22. The molecule has 0 amide bonds. The highest BCUT2D eigenvalue weighted by Gasteiger charge is 2.11. The topological polar surface area (TPSA) is 68.1 Å². The first-order valence-electron chi connectivity index (χ1n) is 8.02. The van der Waals surface area contributed by atoms with Gasteiger partial charge >= 0.3 is 0 Å². The van der Waals surface area contributed by atoms with Crippen LogP contribution in [0.25, 0.3) is 10.6 Å². The van der Waals surface area contributed by atoms with E-state index in [1.165, 1.54) is 15.8 Å². The highest BCUT2D eigenvalue weighted by Crippen LogP contribution is 2.29. The van der Waals surface area contributed by atoms with Crippen molar-refractivity contribution in [2.24, 2.45) is 0 Å². The van der Waals surface area contributed by atoms with Gasteiger partial charge in [-0.05, 0) is 38.0 Å². The Balaban J connectivity index is 1.55. The Kier molecular flexibility index (Phi) is 5.57. The van der Waals surface area contributed by atoms with Gasteiger partial charge in [-0.2, -0.15) is 0 Å².